The van der Waals surface area contributed by atoms with E-state index in [9.17, 15) is 14.7 Å². The van der Waals surface area contributed by atoms with E-state index in [1.807, 2.05) is 0 Å². The van der Waals surface area contributed by atoms with Crippen molar-refractivity contribution in [3.05, 3.63) is 24.3 Å². The average molecular weight is 916 g/mol. The fourth-order valence-electron chi connectivity index (χ4n) is 9.06. The number of carbonyl (C=O) groups is 2. The largest absolute Gasteiger partial charge is 0.462 e. The minimum absolute atomic E-state index is 0.0606. The summed E-state index contributed by atoms with van der Waals surface area (Å²) in [5.74, 6) is -0.573. The van der Waals surface area contributed by atoms with Crippen LogP contribution in [0.5, 0.6) is 0 Å². The third-order valence-corrected chi connectivity index (χ3v) is 13.5. The van der Waals surface area contributed by atoms with Crippen LogP contribution in [0.4, 0.5) is 0 Å². The van der Waals surface area contributed by atoms with Crippen LogP contribution in [0.15, 0.2) is 24.3 Å². The molecular formula is C60H114O5. The molecule has 1 unspecified atom stereocenters. The maximum Gasteiger partial charge on any atom is 0.306 e. The lowest BCUT2D eigenvalue weighted by Gasteiger charge is -2.15. The third-order valence-electron chi connectivity index (χ3n) is 13.5. The molecule has 0 aliphatic rings. The van der Waals surface area contributed by atoms with E-state index in [2.05, 4.69) is 38.2 Å². The molecule has 65 heavy (non-hydrogen) atoms. The van der Waals surface area contributed by atoms with E-state index in [0.717, 1.165) is 38.5 Å². The van der Waals surface area contributed by atoms with Gasteiger partial charge in [-0.2, -0.15) is 0 Å². The van der Waals surface area contributed by atoms with Gasteiger partial charge in [0, 0.05) is 12.8 Å². The van der Waals surface area contributed by atoms with Crippen molar-refractivity contribution in [2.75, 3.05) is 13.2 Å². The molecule has 0 fully saturated rings. The van der Waals surface area contributed by atoms with E-state index in [4.69, 9.17) is 9.47 Å². The molecule has 1 atom stereocenters. The molecular weight excluding hydrogens is 801 g/mol. The Morgan fingerprint density at radius 2 is 0.615 bits per heavy atom. The van der Waals surface area contributed by atoms with Gasteiger partial charge in [-0.15, -0.1) is 0 Å². The number of aliphatic hydroxyl groups is 1. The molecule has 0 aliphatic heterocycles. The van der Waals surface area contributed by atoms with Crippen molar-refractivity contribution >= 4 is 11.9 Å². The van der Waals surface area contributed by atoms with Gasteiger partial charge in [0.05, 0.1) is 6.61 Å². The Kier molecular flexibility index (Phi) is 55.3. The second kappa shape index (κ2) is 56.7. The van der Waals surface area contributed by atoms with Crippen molar-refractivity contribution < 1.29 is 24.2 Å². The first kappa shape index (κ1) is 63.4. The van der Waals surface area contributed by atoms with Crippen LogP contribution in [0.2, 0.25) is 0 Å². The SMILES string of the molecule is CCCCCCC/C=C\C/C=C\CCCCCCCCCCCCCC(=O)OC(CO)COC(=O)CCCCCCCCCCCCCCCCCCCCCCCCCCCCCC. The standard InChI is InChI=1S/C60H114O5/c1-3-5-7-9-11-13-15-17-19-21-23-25-27-28-29-30-31-33-34-36-38-40-42-44-46-48-50-52-54-59(62)64-57-58(56-61)65-60(63)55-53-51-49-47-45-43-41-39-37-35-32-26-24-22-20-18-16-14-12-10-8-6-4-2/h16,18,22,24,58,61H,3-15,17,19-21,23,25-57H2,1-2H3/b18-16-,24-22-. The second-order valence-corrected chi connectivity index (χ2v) is 20.1. The minimum Gasteiger partial charge on any atom is -0.462 e. The van der Waals surface area contributed by atoms with Crippen LogP contribution in [-0.4, -0.2) is 36.4 Å². The lowest BCUT2D eigenvalue weighted by atomic mass is 10.0. The molecule has 5 nitrogen and oxygen atoms in total. The number of unbranched alkanes of at least 4 members (excludes halogenated alkanes) is 43. The second-order valence-electron chi connectivity index (χ2n) is 20.1. The first-order valence-corrected chi connectivity index (χ1v) is 29.4. The Morgan fingerprint density at radius 3 is 0.908 bits per heavy atom. The summed E-state index contributed by atoms with van der Waals surface area (Å²) in [6, 6.07) is 0. The molecule has 0 saturated heterocycles. The zero-order valence-corrected chi connectivity index (χ0v) is 44.0. The number of allylic oxidation sites excluding steroid dienone is 4. The lowest BCUT2D eigenvalue weighted by Crippen LogP contribution is -2.28. The van der Waals surface area contributed by atoms with Gasteiger partial charge in [0.1, 0.15) is 6.61 Å². The number of hydrogen-bond acceptors (Lipinski definition) is 5. The third kappa shape index (κ3) is 54.9. The first-order chi connectivity index (χ1) is 32.1. The maximum absolute atomic E-state index is 12.3. The van der Waals surface area contributed by atoms with Crippen LogP contribution in [0.1, 0.15) is 328 Å². The smallest absolute Gasteiger partial charge is 0.306 e. The van der Waals surface area contributed by atoms with Crippen LogP contribution in [0, 0.1) is 0 Å². The number of esters is 2. The summed E-state index contributed by atoms with van der Waals surface area (Å²) in [6.07, 6.45) is 71.6. The molecule has 0 heterocycles. The van der Waals surface area contributed by atoms with Crippen LogP contribution in [0.25, 0.3) is 0 Å². The molecule has 0 aliphatic carbocycles. The fraction of sp³-hybridized carbons (Fsp3) is 0.900. The van der Waals surface area contributed by atoms with Crippen molar-refractivity contribution in [2.45, 2.75) is 335 Å². The van der Waals surface area contributed by atoms with Gasteiger partial charge in [0.15, 0.2) is 6.10 Å². The van der Waals surface area contributed by atoms with Crippen molar-refractivity contribution in [1.29, 1.82) is 0 Å². The molecule has 0 amide bonds. The van der Waals surface area contributed by atoms with Gasteiger partial charge in [-0.3, -0.25) is 9.59 Å². The fourth-order valence-corrected chi connectivity index (χ4v) is 9.06. The van der Waals surface area contributed by atoms with E-state index < -0.39 is 6.10 Å². The van der Waals surface area contributed by atoms with Gasteiger partial charge in [-0.1, -0.05) is 295 Å². The Labute approximate surface area is 406 Å². The summed E-state index contributed by atoms with van der Waals surface area (Å²) in [7, 11) is 0. The van der Waals surface area contributed by atoms with Crippen molar-refractivity contribution in [2.24, 2.45) is 0 Å². The number of hydrogen-bond donors (Lipinski definition) is 1. The molecule has 0 aromatic rings. The summed E-state index contributed by atoms with van der Waals surface area (Å²) in [5, 5.41) is 9.66. The van der Waals surface area contributed by atoms with Crippen LogP contribution >= 0.6 is 0 Å². The van der Waals surface area contributed by atoms with Crippen molar-refractivity contribution in [1.82, 2.24) is 0 Å². The highest BCUT2D eigenvalue weighted by atomic mass is 16.6. The Morgan fingerprint density at radius 1 is 0.354 bits per heavy atom. The summed E-state index contributed by atoms with van der Waals surface area (Å²) >= 11 is 0. The molecule has 5 heteroatoms. The number of ether oxygens (including phenoxy) is 2. The average Bonchev–Trinajstić information content (AvgIpc) is 3.31. The van der Waals surface area contributed by atoms with Gasteiger partial charge >= 0.3 is 11.9 Å². The molecule has 0 spiro atoms. The molecule has 0 rings (SSSR count). The molecule has 0 saturated carbocycles. The lowest BCUT2D eigenvalue weighted by molar-refractivity contribution is -0.161. The number of aliphatic hydroxyl groups excluding tert-OH is 1. The molecule has 0 bridgehead atoms. The van der Waals surface area contributed by atoms with Gasteiger partial charge in [0.25, 0.3) is 0 Å². The summed E-state index contributed by atoms with van der Waals surface area (Å²) in [4.78, 5) is 24.5. The van der Waals surface area contributed by atoms with Gasteiger partial charge < -0.3 is 14.6 Å². The highest BCUT2D eigenvalue weighted by molar-refractivity contribution is 5.70. The van der Waals surface area contributed by atoms with Gasteiger partial charge in [-0.05, 0) is 44.9 Å². The predicted molar refractivity (Wildman–Crippen MR) is 284 cm³/mol. The van der Waals surface area contributed by atoms with Crippen LogP contribution in [0.3, 0.4) is 0 Å². The number of rotatable bonds is 55. The monoisotopic (exact) mass is 915 g/mol. The van der Waals surface area contributed by atoms with Gasteiger partial charge in [-0.25, -0.2) is 0 Å². The minimum atomic E-state index is -0.770. The normalized spacial score (nSPS) is 12.2. The molecule has 0 radical (unpaired) electrons. The van der Waals surface area contributed by atoms with Crippen LogP contribution < -0.4 is 0 Å². The van der Waals surface area contributed by atoms with E-state index in [1.54, 1.807) is 0 Å². The zero-order chi connectivity index (χ0) is 47.0. The zero-order valence-electron chi connectivity index (χ0n) is 44.0. The van der Waals surface area contributed by atoms with E-state index >= 15 is 0 Å². The summed E-state index contributed by atoms with van der Waals surface area (Å²) < 4.78 is 10.7. The maximum atomic E-state index is 12.3. The topological polar surface area (TPSA) is 72.8 Å². The molecule has 0 aromatic heterocycles. The van der Waals surface area contributed by atoms with E-state index in [-0.39, 0.29) is 25.2 Å². The predicted octanol–water partition coefficient (Wildman–Crippen LogP) is 19.7. The number of carbonyl (C=O) groups excluding carboxylic acids is 2. The molecule has 384 valence electrons. The van der Waals surface area contributed by atoms with Crippen LogP contribution in [-0.2, 0) is 19.1 Å². The van der Waals surface area contributed by atoms with Gasteiger partial charge in [0.2, 0.25) is 0 Å². The molecule has 1 N–H and O–H groups in total. The molecule has 0 aromatic carbocycles. The first-order valence-electron chi connectivity index (χ1n) is 29.4. The van der Waals surface area contributed by atoms with Crippen molar-refractivity contribution in [3.8, 4) is 0 Å². The Hall–Kier alpha value is -1.62. The Balaban J connectivity index is 3.42. The highest BCUT2D eigenvalue weighted by Gasteiger charge is 2.16. The Bertz CT molecular complexity index is 990. The van der Waals surface area contributed by atoms with E-state index in [0.29, 0.717) is 12.8 Å². The van der Waals surface area contributed by atoms with E-state index in [1.165, 1.54) is 263 Å². The quantitative estimate of drug-likeness (QED) is 0.0374. The highest BCUT2D eigenvalue weighted by Crippen LogP contribution is 2.18. The summed E-state index contributed by atoms with van der Waals surface area (Å²) in [6.45, 7) is 4.18. The van der Waals surface area contributed by atoms with Crippen molar-refractivity contribution in [3.63, 3.8) is 0 Å². The summed E-state index contributed by atoms with van der Waals surface area (Å²) in [5.41, 5.74) is 0.